The zero-order chi connectivity index (χ0) is 23.2. The molecule has 2 aromatic heterocycles. The zero-order valence-electron chi connectivity index (χ0n) is 17.3. The Balaban J connectivity index is 0.000000303. The van der Waals surface area contributed by atoms with E-state index in [9.17, 15) is 9.59 Å². The minimum absolute atomic E-state index is 0.0585. The van der Waals surface area contributed by atoms with E-state index in [1.54, 1.807) is 55.6 Å². The number of pyridine rings is 2. The molecule has 166 valence electrons. The van der Waals surface area contributed by atoms with Gasteiger partial charge in [-0.3, -0.25) is 25.0 Å². The molecule has 0 unspecified atom stereocenters. The molecule has 3 aromatic rings. The highest BCUT2D eigenvalue weighted by molar-refractivity contribution is 5.95. The van der Waals surface area contributed by atoms with Crippen LogP contribution in [0.4, 0.5) is 0 Å². The number of amides is 2. The molecule has 0 aliphatic carbocycles. The number of nitrogen functional groups attached to an aromatic ring is 1. The maximum Gasteiger partial charge on any atom is 0.271 e. The van der Waals surface area contributed by atoms with Crippen LogP contribution in [0.5, 0.6) is 11.5 Å². The van der Waals surface area contributed by atoms with Crippen molar-refractivity contribution in [2.45, 2.75) is 0 Å². The first-order valence-electron chi connectivity index (χ1n) is 9.23. The van der Waals surface area contributed by atoms with Gasteiger partial charge in [0.2, 0.25) is 0 Å². The first-order valence-corrected chi connectivity index (χ1v) is 9.23. The number of benzene rings is 1. The van der Waals surface area contributed by atoms with Crippen LogP contribution in [0.2, 0.25) is 0 Å². The van der Waals surface area contributed by atoms with Gasteiger partial charge in [0.25, 0.3) is 11.8 Å². The van der Waals surface area contributed by atoms with Gasteiger partial charge in [-0.25, -0.2) is 11.3 Å². The van der Waals surface area contributed by atoms with E-state index >= 15 is 0 Å². The lowest BCUT2D eigenvalue weighted by atomic mass is 10.3. The van der Waals surface area contributed by atoms with Crippen molar-refractivity contribution in [3.63, 3.8) is 0 Å². The van der Waals surface area contributed by atoms with Crippen molar-refractivity contribution in [1.29, 1.82) is 0 Å². The number of nitrogens with zero attached hydrogens (tertiary/aromatic N) is 3. The number of hydrogen-bond donors (Lipinski definition) is 4. The Kier molecular flexibility index (Phi) is 9.60. The van der Waals surface area contributed by atoms with E-state index in [0.717, 1.165) is 5.75 Å². The molecular formula is C21H23N7O4. The molecule has 3 rings (SSSR count). The molecule has 11 nitrogen and oxygen atoms in total. The van der Waals surface area contributed by atoms with Gasteiger partial charge in [0.15, 0.2) is 5.84 Å². The monoisotopic (exact) mass is 437 g/mol. The van der Waals surface area contributed by atoms with E-state index in [-0.39, 0.29) is 24.3 Å². The molecule has 0 aliphatic heterocycles. The summed E-state index contributed by atoms with van der Waals surface area (Å²) < 4.78 is 10.5. The van der Waals surface area contributed by atoms with Crippen molar-refractivity contribution in [1.82, 2.24) is 20.8 Å². The second-order valence-corrected chi connectivity index (χ2v) is 5.95. The standard InChI is InChI=1S/C15H16N4O3.C6H7N3O/c1-21-12-2-4-13(5-3-12)22-10-14(16)18-19-15(20)11-6-8-17-9-7-11;7-9-6(10)5-1-3-8-4-2-5/h2-9H,10H2,1H3,(H2,16,18)(H,19,20);1-4H,7H2,(H,9,10). The SMILES string of the molecule is COc1ccc(OC/C(N)=N\NC(=O)c2ccncc2)cc1.NNC(=O)c1ccncc1. The number of ether oxygens (including phenoxy) is 2. The third kappa shape index (κ3) is 8.08. The molecule has 2 amide bonds. The molecular weight excluding hydrogens is 414 g/mol. The number of amidine groups is 1. The van der Waals surface area contributed by atoms with Crippen molar-refractivity contribution in [2.24, 2.45) is 16.7 Å². The number of aromatic nitrogens is 2. The summed E-state index contributed by atoms with van der Waals surface area (Å²) in [6.45, 7) is 0.0585. The van der Waals surface area contributed by atoms with Crippen molar-refractivity contribution in [3.05, 3.63) is 84.4 Å². The number of hydrogen-bond acceptors (Lipinski definition) is 8. The first-order chi connectivity index (χ1) is 15.5. The summed E-state index contributed by atoms with van der Waals surface area (Å²) in [5.74, 6) is 5.73. The molecule has 0 fully saturated rings. The minimum atomic E-state index is -0.366. The second kappa shape index (κ2) is 12.9. The fourth-order valence-electron chi connectivity index (χ4n) is 2.14. The van der Waals surface area contributed by atoms with Crippen molar-refractivity contribution in [3.8, 4) is 11.5 Å². The first kappa shape index (κ1) is 23.8. The summed E-state index contributed by atoms with van der Waals surface area (Å²) in [5, 5.41) is 3.77. The number of carbonyl (C=O) groups excluding carboxylic acids is 2. The Bertz CT molecular complexity index is 1010. The Morgan fingerprint density at radius 1 is 0.875 bits per heavy atom. The number of nitrogens with one attached hydrogen (secondary N) is 2. The van der Waals surface area contributed by atoms with Crippen LogP contribution in [0.1, 0.15) is 20.7 Å². The Morgan fingerprint density at radius 3 is 1.88 bits per heavy atom. The maximum absolute atomic E-state index is 11.7. The maximum atomic E-state index is 11.7. The van der Waals surface area contributed by atoms with Gasteiger partial charge in [-0.05, 0) is 48.5 Å². The third-order valence-corrected chi connectivity index (χ3v) is 3.76. The van der Waals surface area contributed by atoms with Crippen LogP contribution in [0, 0.1) is 0 Å². The lowest BCUT2D eigenvalue weighted by molar-refractivity contribution is 0.0946. The van der Waals surface area contributed by atoms with Crippen molar-refractivity contribution >= 4 is 17.6 Å². The van der Waals surface area contributed by atoms with Gasteiger partial charge in [-0.15, -0.1) is 0 Å². The third-order valence-electron chi connectivity index (χ3n) is 3.76. The van der Waals surface area contributed by atoms with E-state index in [1.807, 2.05) is 5.43 Å². The van der Waals surface area contributed by atoms with Gasteiger partial charge in [0.05, 0.1) is 7.11 Å². The smallest absolute Gasteiger partial charge is 0.271 e. The fourth-order valence-corrected chi connectivity index (χ4v) is 2.14. The van der Waals surface area contributed by atoms with Gasteiger partial charge in [-0.2, -0.15) is 5.10 Å². The highest BCUT2D eigenvalue weighted by Gasteiger charge is 2.04. The topological polar surface area (TPSA) is 167 Å². The molecule has 0 radical (unpaired) electrons. The van der Waals surface area contributed by atoms with Crippen LogP contribution in [-0.2, 0) is 0 Å². The number of hydrazone groups is 1. The molecule has 0 aliphatic rings. The van der Waals surface area contributed by atoms with E-state index in [4.69, 9.17) is 21.1 Å². The Labute approximate surface area is 184 Å². The largest absolute Gasteiger partial charge is 0.497 e. The number of nitrogens with two attached hydrogens (primary N) is 2. The van der Waals surface area contributed by atoms with E-state index in [1.165, 1.54) is 24.8 Å². The lowest BCUT2D eigenvalue weighted by Crippen LogP contribution is -2.29. The van der Waals surface area contributed by atoms with Gasteiger partial charge in [0.1, 0.15) is 18.1 Å². The summed E-state index contributed by atoms with van der Waals surface area (Å²) in [7, 11) is 1.59. The second-order valence-electron chi connectivity index (χ2n) is 5.95. The van der Waals surface area contributed by atoms with Crippen molar-refractivity contribution < 1.29 is 19.1 Å². The van der Waals surface area contributed by atoms with Crippen LogP contribution < -0.4 is 31.9 Å². The summed E-state index contributed by atoms with van der Waals surface area (Å²) >= 11 is 0. The zero-order valence-corrected chi connectivity index (χ0v) is 17.3. The molecule has 32 heavy (non-hydrogen) atoms. The highest BCUT2D eigenvalue weighted by Crippen LogP contribution is 2.16. The van der Waals surface area contributed by atoms with Crippen molar-refractivity contribution in [2.75, 3.05) is 13.7 Å². The molecule has 2 heterocycles. The van der Waals surface area contributed by atoms with Gasteiger partial charge in [-0.1, -0.05) is 0 Å². The molecule has 0 saturated heterocycles. The quantitative estimate of drug-likeness (QED) is 0.139. The van der Waals surface area contributed by atoms with Crippen LogP contribution in [0.3, 0.4) is 0 Å². The van der Waals surface area contributed by atoms with Gasteiger partial charge >= 0.3 is 0 Å². The predicted octanol–water partition coefficient (Wildman–Crippen LogP) is 0.856. The molecule has 0 bridgehead atoms. The number of rotatable bonds is 7. The lowest BCUT2D eigenvalue weighted by Gasteiger charge is -2.07. The van der Waals surface area contributed by atoms with Gasteiger partial charge < -0.3 is 15.2 Å². The van der Waals surface area contributed by atoms with Crippen LogP contribution in [0.25, 0.3) is 0 Å². The number of carbonyl (C=O) groups is 2. The molecule has 1 aromatic carbocycles. The van der Waals surface area contributed by atoms with Gasteiger partial charge in [0, 0.05) is 35.9 Å². The average molecular weight is 437 g/mol. The molecule has 0 atom stereocenters. The summed E-state index contributed by atoms with van der Waals surface area (Å²) in [5.41, 5.74) is 11.0. The Hall–Kier alpha value is -4.51. The Morgan fingerprint density at radius 2 is 1.38 bits per heavy atom. The van der Waals surface area contributed by atoms with E-state index < -0.39 is 0 Å². The molecule has 0 saturated carbocycles. The minimum Gasteiger partial charge on any atom is -0.497 e. The summed E-state index contributed by atoms with van der Waals surface area (Å²) in [6.07, 6.45) is 6.11. The fraction of sp³-hybridized carbons (Fsp3) is 0.0952. The highest BCUT2D eigenvalue weighted by atomic mass is 16.5. The van der Waals surface area contributed by atoms with E-state index in [0.29, 0.717) is 16.9 Å². The van der Waals surface area contributed by atoms with Crippen LogP contribution >= 0.6 is 0 Å². The van der Waals surface area contributed by atoms with Crippen LogP contribution in [-0.4, -0.2) is 41.3 Å². The molecule has 6 N–H and O–H groups in total. The molecule has 0 spiro atoms. The summed E-state index contributed by atoms with van der Waals surface area (Å²) in [4.78, 5) is 30.1. The molecule has 11 heteroatoms. The van der Waals surface area contributed by atoms with E-state index in [2.05, 4.69) is 20.5 Å². The summed E-state index contributed by atoms with van der Waals surface area (Å²) in [6, 6.07) is 13.4. The predicted molar refractivity (Wildman–Crippen MR) is 118 cm³/mol. The number of methoxy groups -OCH3 is 1. The van der Waals surface area contributed by atoms with Crippen LogP contribution in [0.15, 0.2) is 78.4 Å². The average Bonchev–Trinajstić information content (AvgIpc) is 2.87. The normalized spacial score (nSPS) is 10.2. The number of hydrazine groups is 1.